The molecule has 1 aromatic carbocycles. The zero-order valence-electron chi connectivity index (χ0n) is 12.4. The van der Waals surface area contributed by atoms with Gasteiger partial charge >= 0.3 is 0 Å². The van der Waals surface area contributed by atoms with Gasteiger partial charge in [0.1, 0.15) is 5.75 Å². The Morgan fingerprint density at radius 2 is 1.55 bits per heavy atom. The van der Waals surface area contributed by atoms with Crippen LogP contribution in [0.2, 0.25) is 0 Å². The van der Waals surface area contributed by atoms with Gasteiger partial charge in [0.05, 0.1) is 6.61 Å². The average Bonchev–Trinajstić information content (AvgIpc) is 2.77. The summed E-state index contributed by atoms with van der Waals surface area (Å²) in [7, 11) is 0. The quantitative estimate of drug-likeness (QED) is 0.726. The first-order chi connectivity index (χ1) is 9.69. The highest BCUT2D eigenvalue weighted by atomic mass is 16.5. The molecule has 4 bridgehead atoms. The maximum Gasteiger partial charge on any atom is 0.123 e. The lowest BCUT2D eigenvalue weighted by Crippen LogP contribution is -2.56. The minimum absolute atomic E-state index is 0.263. The monoisotopic (exact) mass is 268 g/mol. The molecule has 106 valence electrons. The highest BCUT2D eigenvalue weighted by Crippen LogP contribution is 2.67. The third-order valence-electron chi connectivity index (χ3n) is 7.21. The lowest BCUT2D eigenvalue weighted by atomic mass is 9.42. The van der Waals surface area contributed by atoms with Gasteiger partial charge in [0, 0.05) is 11.0 Å². The van der Waals surface area contributed by atoms with Gasteiger partial charge in [-0.2, -0.15) is 0 Å². The van der Waals surface area contributed by atoms with E-state index in [0.717, 1.165) is 30.1 Å². The van der Waals surface area contributed by atoms with Crippen LogP contribution in [0.4, 0.5) is 0 Å². The fourth-order valence-electron chi connectivity index (χ4n) is 6.57. The Bertz CT molecular complexity index is 525. The summed E-state index contributed by atoms with van der Waals surface area (Å²) in [6.45, 7) is 3.42. The molecule has 20 heavy (non-hydrogen) atoms. The first kappa shape index (κ1) is 11.7. The molecule has 0 N–H and O–H groups in total. The van der Waals surface area contributed by atoms with Crippen molar-refractivity contribution >= 4 is 0 Å². The van der Waals surface area contributed by atoms with E-state index in [1.54, 1.807) is 0 Å². The van der Waals surface area contributed by atoms with Crippen molar-refractivity contribution in [2.24, 2.45) is 23.2 Å². The molecule has 5 aliphatic rings. The number of hydrogen-bond acceptors (Lipinski definition) is 1. The van der Waals surface area contributed by atoms with Gasteiger partial charge in [-0.3, -0.25) is 0 Å². The Hall–Kier alpha value is -0.980. The second-order valence-corrected chi connectivity index (χ2v) is 8.31. The highest BCUT2D eigenvalue weighted by molar-refractivity contribution is 5.45. The summed E-state index contributed by atoms with van der Waals surface area (Å²) in [6.07, 6.45) is 8.97. The molecule has 6 rings (SSSR count). The van der Waals surface area contributed by atoms with E-state index in [9.17, 15) is 0 Å². The van der Waals surface area contributed by atoms with Crippen molar-refractivity contribution in [3.63, 3.8) is 0 Å². The first-order valence-corrected chi connectivity index (χ1v) is 8.41. The van der Waals surface area contributed by atoms with E-state index >= 15 is 0 Å². The summed E-state index contributed by atoms with van der Waals surface area (Å²) in [6, 6.07) is 8.82. The van der Waals surface area contributed by atoms with Gasteiger partial charge in [-0.1, -0.05) is 25.1 Å². The molecule has 4 fully saturated rings. The SMILES string of the molecule is CC1(C23CC4CC(CC(C4)C2)C3)COc2ccccc21. The molecule has 1 unspecified atom stereocenters. The fourth-order valence-corrected chi connectivity index (χ4v) is 6.57. The largest absolute Gasteiger partial charge is 0.492 e. The molecule has 1 atom stereocenters. The Kier molecular flexibility index (Phi) is 2.10. The normalized spacial score (nSPS) is 48.1. The molecule has 4 saturated carbocycles. The van der Waals surface area contributed by atoms with Gasteiger partial charge in [-0.15, -0.1) is 0 Å². The molecule has 0 saturated heterocycles. The van der Waals surface area contributed by atoms with E-state index in [2.05, 4.69) is 31.2 Å². The van der Waals surface area contributed by atoms with Crippen LogP contribution in [0.5, 0.6) is 5.75 Å². The third-order valence-corrected chi connectivity index (χ3v) is 7.21. The molecule has 1 nitrogen and oxygen atoms in total. The molecule has 4 aliphatic carbocycles. The number of para-hydroxylation sites is 1. The van der Waals surface area contributed by atoms with Crippen molar-refractivity contribution in [2.75, 3.05) is 6.61 Å². The maximum atomic E-state index is 6.10. The lowest BCUT2D eigenvalue weighted by Gasteiger charge is -2.62. The van der Waals surface area contributed by atoms with Crippen LogP contribution in [0.3, 0.4) is 0 Å². The van der Waals surface area contributed by atoms with Gasteiger partial charge in [0.25, 0.3) is 0 Å². The third kappa shape index (κ3) is 1.30. The standard InChI is InChI=1S/C19H24O/c1-18(12-20-17-5-3-2-4-16(17)18)19-9-13-6-14(10-19)8-15(7-13)11-19/h2-5,13-15H,6-12H2,1H3. The maximum absolute atomic E-state index is 6.10. The van der Waals surface area contributed by atoms with Crippen LogP contribution in [0.1, 0.15) is 51.0 Å². The minimum atomic E-state index is 0.263. The van der Waals surface area contributed by atoms with Crippen LogP contribution in [-0.4, -0.2) is 6.61 Å². The molecule has 0 spiro atoms. The molecule has 0 aromatic heterocycles. The van der Waals surface area contributed by atoms with Crippen molar-refractivity contribution < 1.29 is 4.74 Å². The summed E-state index contributed by atoms with van der Waals surface area (Å²) in [5.74, 6) is 4.22. The Labute approximate surface area is 121 Å². The first-order valence-electron chi connectivity index (χ1n) is 8.41. The topological polar surface area (TPSA) is 9.23 Å². The van der Waals surface area contributed by atoms with Crippen LogP contribution in [0.15, 0.2) is 24.3 Å². The Balaban J connectivity index is 1.63. The van der Waals surface area contributed by atoms with E-state index in [0.29, 0.717) is 5.41 Å². The fraction of sp³-hybridized carbons (Fsp3) is 0.684. The summed E-state index contributed by atoms with van der Waals surface area (Å²) in [5, 5.41) is 0. The van der Waals surface area contributed by atoms with Crippen molar-refractivity contribution in [2.45, 2.75) is 50.9 Å². The van der Waals surface area contributed by atoms with Crippen molar-refractivity contribution in [3.8, 4) is 5.75 Å². The number of benzene rings is 1. The van der Waals surface area contributed by atoms with Gasteiger partial charge in [-0.25, -0.2) is 0 Å². The van der Waals surface area contributed by atoms with Crippen LogP contribution >= 0.6 is 0 Å². The van der Waals surface area contributed by atoms with E-state index in [1.165, 1.54) is 44.1 Å². The smallest absolute Gasteiger partial charge is 0.123 e. The zero-order chi connectivity index (χ0) is 13.4. The summed E-state index contributed by atoms with van der Waals surface area (Å²) >= 11 is 0. The van der Waals surface area contributed by atoms with Gasteiger partial charge < -0.3 is 4.74 Å². The molecule has 0 radical (unpaired) electrons. The second-order valence-electron chi connectivity index (χ2n) is 8.31. The molecule has 1 aromatic rings. The van der Waals surface area contributed by atoms with E-state index in [-0.39, 0.29) is 5.41 Å². The van der Waals surface area contributed by atoms with Crippen molar-refractivity contribution in [1.82, 2.24) is 0 Å². The van der Waals surface area contributed by atoms with Crippen LogP contribution in [0.25, 0.3) is 0 Å². The predicted octanol–water partition coefficient (Wildman–Crippen LogP) is 4.55. The van der Waals surface area contributed by atoms with Crippen molar-refractivity contribution in [1.29, 1.82) is 0 Å². The molecular weight excluding hydrogens is 244 g/mol. The van der Waals surface area contributed by atoms with Crippen LogP contribution in [-0.2, 0) is 5.41 Å². The Morgan fingerprint density at radius 1 is 0.950 bits per heavy atom. The van der Waals surface area contributed by atoms with E-state index < -0.39 is 0 Å². The molecule has 1 aliphatic heterocycles. The van der Waals surface area contributed by atoms with Crippen LogP contribution in [0, 0.1) is 23.2 Å². The Morgan fingerprint density at radius 3 is 2.20 bits per heavy atom. The summed E-state index contributed by atoms with van der Waals surface area (Å²) in [4.78, 5) is 0. The van der Waals surface area contributed by atoms with Gasteiger partial charge in [0.2, 0.25) is 0 Å². The second kappa shape index (κ2) is 3.61. The van der Waals surface area contributed by atoms with Gasteiger partial charge in [0.15, 0.2) is 0 Å². The summed E-state index contributed by atoms with van der Waals surface area (Å²) in [5.41, 5.74) is 2.30. The number of hydrogen-bond donors (Lipinski definition) is 0. The van der Waals surface area contributed by atoms with Crippen LogP contribution < -0.4 is 4.74 Å². The lowest BCUT2D eigenvalue weighted by molar-refractivity contribution is -0.0996. The molecule has 1 heteroatoms. The molecular formula is C19H24O. The number of fused-ring (bicyclic) bond motifs is 1. The average molecular weight is 268 g/mol. The minimum Gasteiger partial charge on any atom is -0.492 e. The summed E-state index contributed by atoms with van der Waals surface area (Å²) < 4.78 is 6.10. The number of rotatable bonds is 1. The van der Waals surface area contributed by atoms with E-state index in [1.807, 2.05) is 0 Å². The zero-order valence-corrected chi connectivity index (χ0v) is 12.4. The van der Waals surface area contributed by atoms with Crippen molar-refractivity contribution in [3.05, 3.63) is 29.8 Å². The molecule has 1 heterocycles. The predicted molar refractivity (Wildman–Crippen MR) is 79.9 cm³/mol. The van der Waals surface area contributed by atoms with Gasteiger partial charge in [-0.05, 0) is 67.8 Å². The van der Waals surface area contributed by atoms with E-state index in [4.69, 9.17) is 4.74 Å². The molecule has 0 amide bonds. The highest BCUT2D eigenvalue weighted by Gasteiger charge is 2.61. The number of ether oxygens (including phenoxy) is 1.